The van der Waals surface area contributed by atoms with Crippen molar-refractivity contribution in [2.75, 3.05) is 5.32 Å². The molecule has 0 saturated heterocycles. The number of rotatable bonds is 3. The van der Waals surface area contributed by atoms with E-state index in [-0.39, 0.29) is 49.0 Å². The molecule has 0 amide bonds. The summed E-state index contributed by atoms with van der Waals surface area (Å²) >= 11 is 0. The van der Waals surface area contributed by atoms with Gasteiger partial charge in [0.05, 0.1) is 6.57 Å². The molecule has 1 N–H and O–H groups in total. The molecule has 1 aliphatic rings. The van der Waals surface area contributed by atoms with Crippen LogP contribution in [0, 0.1) is 6.57 Å². The van der Waals surface area contributed by atoms with E-state index in [2.05, 4.69) is 20.2 Å². The largest absolute Gasteiger partial charge is 0.435 e. The molecule has 2 aromatic rings. The van der Waals surface area contributed by atoms with Crippen LogP contribution in [0.5, 0.6) is 0 Å². The Bertz CT molecular complexity index is 826. The van der Waals surface area contributed by atoms with E-state index in [9.17, 15) is 22.0 Å². The lowest BCUT2D eigenvalue weighted by Crippen LogP contribution is -2.32. The minimum absolute atomic E-state index is 0.0395. The molecular weight excluding hydrogens is 357 g/mol. The van der Waals surface area contributed by atoms with Gasteiger partial charge in [-0.3, -0.25) is 0 Å². The van der Waals surface area contributed by atoms with Gasteiger partial charge in [0.2, 0.25) is 5.92 Å². The molecule has 0 bridgehead atoms. The van der Waals surface area contributed by atoms with Crippen LogP contribution in [0.25, 0.3) is 10.7 Å². The molecule has 0 aliphatic heterocycles. The topological polar surface area (TPSA) is 47.1 Å². The molecule has 2 aromatic heterocycles. The fourth-order valence-corrected chi connectivity index (χ4v) is 2.75. The van der Waals surface area contributed by atoms with Crippen LogP contribution in [0.3, 0.4) is 0 Å². The summed E-state index contributed by atoms with van der Waals surface area (Å²) in [6.45, 7) is 7.14. The van der Waals surface area contributed by atoms with Crippen molar-refractivity contribution < 1.29 is 22.0 Å². The number of pyridine rings is 1. The van der Waals surface area contributed by atoms with Crippen molar-refractivity contribution >= 4 is 11.5 Å². The van der Waals surface area contributed by atoms with Crippen LogP contribution in [-0.4, -0.2) is 26.7 Å². The molecule has 0 atom stereocenters. The minimum Gasteiger partial charge on any atom is -0.368 e. The molecular formula is C16H14F5N5. The van der Waals surface area contributed by atoms with Gasteiger partial charge in [0.1, 0.15) is 11.6 Å². The number of halogens is 5. The maximum Gasteiger partial charge on any atom is 0.435 e. The van der Waals surface area contributed by atoms with E-state index in [0.717, 1.165) is 16.9 Å². The van der Waals surface area contributed by atoms with Crippen LogP contribution in [0.1, 0.15) is 31.4 Å². The molecule has 0 unspecified atom stereocenters. The molecule has 0 spiro atoms. The summed E-state index contributed by atoms with van der Waals surface area (Å²) in [5, 5.41) is 6.42. The van der Waals surface area contributed by atoms with E-state index >= 15 is 0 Å². The Morgan fingerprint density at radius 2 is 1.92 bits per heavy atom. The lowest BCUT2D eigenvalue weighted by atomic mass is 9.92. The Morgan fingerprint density at radius 3 is 2.50 bits per heavy atom. The summed E-state index contributed by atoms with van der Waals surface area (Å²) in [6.07, 6.45) is -3.48. The predicted octanol–water partition coefficient (Wildman–Crippen LogP) is 4.83. The van der Waals surface area contributed by atoms with Crippen LogP contribution >= 0.6 is 0 Å². The zero-order valence-corrected chi connectivity index (χ0v) is 13.4. The number of nitrogens with one attached hydrogen (secondary N) is 1. The number of hydrogen-bond acceptors (Lipinski definition) is 3. The average molecular weight is 371 g/mol. The summed E-state index contributed by atoms with van der Waals surface area (Å²) in [6, 6.07) is 3.31. The fourth-order valence-electron chi connectivity index (χ4n) is 2.75. The van der Waals surface area contributed by atoms with Crippen LogP contribution in [0.15, 0.2) is 24.4 Å². The third-order valence-electron chi connectivity index (χ3n) is 4.11. The smallest absolute Gasteiger partial charge is 0.368 e. The van der Waals surface area contributed by atoms with Crippen molar-refractivity contribution in [3.63, 3.8) is 0 Å². The molecule has 1 saturated carbocycles. The summed E-state index contributed by atoms with van der Waals surface area (Å²) in [5.74, 6) is -2.39. The average Bonchev–Trinajstić information content (AvgIpc) is 3.07. The van der Waals surface area contributed by atoms with E-state index in [1.807, 2.05) is 0 Å². The molecule has 0 aromatic carbocycles. The van der Waals surface area contributed by atoms with E-state index in [4.69, 9.17) is 6.57 Å². The Labute approximate surface area is 145 Å². The van der Waals surface area contributed by atoms with Gasteiger partial charge in [-0.05, 0) is 31.0 Å². The van der Waals surface area contributed by atoms with E-state index in [1.54, 1.807) is 0 Å². The second kappa shape index (κ2) is 6.55. The van der Waals surface area contributed by atoms with Gasteiger partial charge in [-0.25, -0.2) is 23.3 Å². The summed E-state index contributed by atoms with van der Waals surface area (Å²) in [7, 11) is 0. The maximum absolute atomic E-state index is 13.2. The van der Waals surface area contributed by atoms with Gasteiger partial charge in [-0.15, -0.1) is 0 Å². The van der Waals surface area contributed by atoms with E-state index in [1.165, 1.54) is 12.1 Å². The zero-order chi connectivity index (χ0) is 18.9. The van der Waals surface area contributed by atoms with Crippen molar-refractivity contribution in [3.05, 3.63) is 41.5 Å². The number of nitrogens with zero attached hydrogens (tertiary/aromatic N) is 4. The molecule has 0 radical (unpaired) electrons. The third kappa shape index (κ3) is 4.09. The quantitative estimate of drug-likeness (QED) is 0.621. The SMILES string of the molecule is [C-]#[N+]c1cc(NC2CCC(F)(F)CC2)nc(-n2ccc(C(F)(F)F)n2)c1. The lowest BCUT2D eigenvalue weighted by molar-refractivity contribution is -0.141. The number of hydrogen-bond donors (Lipinski definition) is 1. The van der Waals surface area contributed by atoms with Crippen molar-refractivity contribution in [1.29, 1.82) is 0 Å². The van der Waals surface area contributed by atoms with E-state index in [0.29, 0.717) is 0 Å². The van der Waals surface area contributed by atoms with Crippen LogP contribution in [0.2, 0.25) is 0 Å². The summed E-state index contributed by atoms with van der Waals surface area (Å²) < 4.78 is 65.5. The molecule has 138 valence electrons. The van der Waals surface area contributed by atoms with Crippen molar-refractivity contribution in [3.8, 4) is 5.82 Å². The van der Waals surface area contributed by atoms with Gasteiger partial charge in [0.15, 0.2) is 11.4 Å². The highest BCUT2D eigenvalue weighted by atomic mass is 19.4. The summed E-state index contributed by atoms with van der Waals surface area (Å²) in [5.41, 5.74) is -0.917. The Kier molecular flexibility index (Phi) is 4.56. The van der Waals surface area contributed by atoms with Crippen LogP contribution in [0.4, 0.5) is 33.5 Å². The number of aromatic nitrogens is 3. The van der Waals surface area contributed by atoms with Crippen molar-refractivity contribution in [2.24, 2.45) is 0 Å². The first-order valence-corrected chi connectivity index (χ1v) is 7.83. The predicted molar refractivity (Wildman–Crippen MR) is 83.4 cm³/mol. The summed E-state index contributed by atoms with van der Waals surface area (Å²) in [4.78, 5) is 7.44. The second-order valence-electron chi connectivity index (χ2n) is 6.10. The van der Waals surface area contributed by atoms with Gasteiger partial charge in [0, 0.05) is 25.1 Å². The lowest BCUT2D eigenvalue weighted by Gasteiger charge is -2.29. The third-order valence-corrected chi connectivity index (χ3v) is 4.11. The second-order valence-corrected chi connectivity index (χ2v) is 6.10. The van der Waals surface area contributed by atoms with Gasteiger partial charge in [-0.2, -0.15) is 18.3 Å². The molecule has 2 heterocycles. The molecule has 10 heteroatoms. The first-order valence-electron chi connectivity index (χ1n) is 7.83. The zero-order valence-electron chi connectivity index (χ0n) is 13.4. The van der Waals surface area contributed by atoms with Gasteiger partial charge >= 0.3 is 6.18 Å². The molecule has 3 rings (SSSR count). The Balaban J connectivity index is 1.83. The van der Waals surface area contributed by atoms with Crippen molar-refractivity contribution in [2.45, 2.75) is 43.8 Å². The number of anilines is 1. The standard InChI is InChI=1S/C16H14F5N5/c1-22-11-8-13(23-10-2-5-15(17,18)6-3-10)24-14(9-11)26-7-4-12(25-26)16(19,20)21/h4,7-10H,2-3,5-6H2,(H,23,24). The van der Waals surface area contributed by atoms with Crippen LogP contribution < -0.4 is 5.32 Å². The Hall–Kier alpha value is -2.70. The minimum atomic E-state index is -4.59. The Morgan fingerprint density at radius 1 is 1.23 bits per heavy atom. The maximum atomic E-state index is 13.2. The molecule has 1 fully saturated rings. The first-order chi connectivity index (χ1) is 12.2. The highest BCUT2D eigenvalue weighted by molar-refractivity contribution is 5.57. The monoisotopic (exact) mass is 371 g/mol. The van der Waals surface area contributed by atoms with Crippen molar-refractivity contribution in [1.82, 2.24) is 14.8 Å². The fraction of sp³-hybridized carbons (Fsp3) is 0.438. The molecule has 26 heavy (non-hydrogen) atoms. The highest BCUT2D eigenvalue weighted by Crippen LogP contribution is 2.34. The van der Waals surface area contributed by atoms with Crippen LogP contribution in [-0.2, 0) is 6.18 Å². The molecule has 1 aliphatic carbocycles. The highest BCUT2D eigenvalue weighted by Gasteiger charge is 2.35. The normalized spacial score (nSPS) is 17.7. The molecule has 5 nitrogen and oxygen atoms in total. The number of alkyl halides is 5. The van der Waals surface area contributed by atoms with Gasteiger partial charge in [-0.1, -0.05) is 0 Å². The van der Waals surface area contributed by atoms with E-state index < -0.39 is 17.8 Å². The van der Waals surface area contributed by atoms with Gasteiger partial charge in [0.25, 0.3) is 0 Å². The first kappa shape index (κ1) is 18.1. The van der Waals surface area contributed by atoms with Gasteiger partial charge < -0.3 is 5.32 Å².